The van der Waals surface area contributed by atoms with Crippen LogP contribution in [0.15, 0.2) is 40.9 Å². The number of benzene rings is 1. The highest BCUT2D eigenvalue weighted by molar-refractivity contribution is 6.05. The number of anilines is 2. The first-order chi connectivity index (χ1) is 13.4. The number of aryl methyl sites for hydroxylation is 3. The van der Waals surface area contributed by atoms with Gasteiger partial charge < -0.3 is 14.6 Å². The average Bonchev–Trinajstić information content (AvgIpc) is 3.35. The molecule has 1 N–H and O–H groups in total. The first-order valence-electron chi connectivity index (χ1n) is 9.37. The van der Waals surface area contributed by atoms with E-state index in [2.05, 4.69) is 10.5 Å². The van der Waals surface area contributed by atoms with Crippen LogP contribution in [0.1, 0.15) is 16.9 Å². The van der Waals surface area contributed by atoms with Gasteiger partial charge in [0.25, 0.3) is 0 Å². The minimum atomic E-state index is -0.779. The van der Waals surface area contributed by atoms with Gasteiger partial charge in [-0.3, -0.25) is 14.5 Å². The Kier molecular flexibility index (Phi) is 3.55. The number of fused-ring (bicyclic) bond motifs is 1. The van der Waals surface area contributed by atoms with Gasteiger partial charge in [-0.15, -0.1) is 0 Å². The Morgan fingerprint density at radius 1 is 1.21 bits per heavy atom. The van der Waals surface area contributed by atoms with Crippen LogP contribution in [0.25, 0.3) is 0 Å². The van der Waals surface area contributed by atoms with Crippen molar-refractivity contribution in [2.75, 3.05) is 16.8 Å². The van der Waals surface area contributed by atoms with Gasteiger partial charge in [0.05, 0.1) is 24.5 Å². The molecule has 2 fully saturated rings. The van der Waals surface area contributed by atoms with Crippen molar-refractivity contribution in [1.29, 1.82) is 0 Å². The second kappa shape index (κ2) is 5.78. The zero-order chi connectivity index (χ0) is 19.6. The highest BCUT2D eigenvalue weighted by Crippen LogP contribution is 2.52. The number of nitrogens with zero attached hydrogens (tertiary/aromatic N) is 2. The third-order valence-corrected chi connectivity index (χ3v) is 5.78. The van der Waals surface area contributed by atoms with Gasteiger partial charge in [0.2, 0.25) is 11.8 Å². The number of aromatic nitrogens is 1. The fraction of sp³-hybridized carbons (Fsp3) is 0.381. The summed E-state index contributed by atoms with van der Waals surface area (Å²) < 4.78 is 11.3. The molecule has 4 heterocycles. The first-order valence-corrected chi connectivity index (χ1v) is 9.37. The Balaban J connectivity index is 1.44. The maximum absolute atomic E-state index is 13.2. The van der Waals surface area contributed by atoms with E-state index in [1.165, 1.54) is 0 Å². The molecule has 7 heteroatoms. The van der Waals surface area contributed by atoms with E-state index in [0.717, 1.165) is 16.8 Å². The van der Waals surface area contributed by atoms with Crippen LogP contribution in [0.5, 0.6) is 0 Å². The third-order valence-electron chi connectivity index (χ3n) is 5.78. The summed E-state index contributed by atoms with van der Waals surface area (Å²) in [6, 6.07) is 7.61. The molecule has 7 nitrogen and oxygen atoms in total. The Morgan fingerprint density at radius 2 is 1.96 bits per heavy atom. The lowest BCUT2D eigenvalue weighted by Crippen LogP contribution is -2.41. The number of amides is 2. The van der Waals surface area contributed by atoms with Crippen molar-refractivity contribution >= 4 is 23.3 Å². The van der Waals surface area contributed by atoms with E-state index in [1.54, 1.807) is 17.9 Å². The number of rotatable bonds is 3. The summed E-state index contributed by atoms with van der Waals surface area (Å²) in [5, 5.41) is 6.94. The number of carbonyl (C=O) groups excluding carboxylic acids is 2. The van der Waals surface area contributed by atoms with Gasteiger partial charge >= 0.3 is 0 Å². The summed E-state index contributed by atoms with van der Waals surface area (Å²) in [5.74, 6) is -0.400. The molecule has 0 aliphatic carbocycles. The quantitative estimate of drug-likeness (QED) is 0.829. The lowest BCUT2D eigenvalue weighted by molar-refractivity contribution is -0.128. The van der Waals surface area contributed by atoms with Gasteiger partial charge in [-0.05, 0) is 44.0 Å². The number of ether oxygens (including phenoxy) is 1. The minimum absolute atomic E-state index is 0.152. The fourth-order valence-corrected chi connectivity index (χ4v) is 4.74. The second-order valence-electron chi connectivity index (χ2n) is 7.99. The van der Waals surface area contributed by atoms with Gasteiger partial charge in [-0.25, -0.2) is 0 Å². The summed E-state index contributed by atoms with van der Waals surface area (Å²) in [7, 11) is 0. The van der Waals surface area contributed by atoms with Crippen LogP contribution in [-0.4, -0.2) is 35.2 Å². The molecule has 144 valence electrons. The van der Waals surface area contributed by atoms with E-state index in [9.17, 15) is 9.59 Å². The molecule has 0 saturated carbocycles. The lowest BCUT2D eigenvalue weighted by Gasteiger charge is -2.23. The van der Waals surface area contributed by atoms with Crippen LogP contribution < -0.4 is 10.2 Å². The van der Waals surface area contributed by atoms with Crippen molar-refractivity contribution in [2.45, 2.75) is 32.5 Å². The van der Waals surface area contributed by atoms with Crippen LogP contribution in [0.4, 0.5) is 11.5 Å². The van der Waals surface area contributed by atoms with E-state index in [4.69, 9.17) is 9.26 Å². The summed E-state index contributed by atoms with van der Waals surface area (Å²) in [5.41, 5.74) is 2.09. The van der Waals surface area contributed by atoms with Crippen LogP contribution in [-0.2, 0) is 14.3 Å². The molecule has 2 saturated heterocycles. The Hall–Kier alpha value is -2.93. The molecule has 4 atom stereocenters. The maximum atomic E-state index is 13.2. The zero-order valence-corrected chi connectivity index (χ0v) is 15.9. The third kappa shape index (κ3) is 2.43. The molecule has 1 aromatic carbocycles. The van der Waals surface area contributed by atoms with E-state index in [1.807, 2.05) is 44.2 Å². The predicted octanol–water partition coefficient (Wildman–Crippen LogP) is 2.52. The molecular formula is C21H21N3O4. The molecule has 0 radical (unpaired) electrons. The number of carbonyl (C=O) groups is 2. The van der Waals surface area contributed by atoms with E-state index >= 15 is 0 Å². The van der Waals surface area contributed by atoms with Gasteiger partial charge in [0, 0.05) is 11.8 Å². The predicted molar refractivity (Wildman–Crippen MR) is 102 cm³/mol. The normalized spacial score (nSPS) is 30.2. The Bertz CT molecular complexity index is 1010. The molecule has 3 aliphatic heterocycles. The Morgan fingerprint density at radius 3 is 2.64 bits per heavy atom. The van der Waals surface area contributed by atoms with Crippen LogP contribution in [0.2, 0.25) is 0 Å². The van der Waals surface area contributed by atoms with E-state index < -0.39 is 17.4 Å². The van der Waals surface area contributed by atoms with Gasteiger partial charge in [-0.1, -0.05) is 23.4 Å². The monoisotopic (exact) mass is 379 g/mol. The number of nitrogens with one attached hydrogen (secondary N) is 1. The number of hydrogen-bond acceptors (Lipinski definition) is 5. The van der Waals surface area contributed by atoms with Crippen LogP contribution in [0.3, 0.4) is 0 Å². The summed E-state index contributed by atoms with van der Waals surface area (Å²) in [6.07, 6.45) is 3.43. The van der Waals surface area contributed by atoms with Gasteiger partial charge in [0.1, 0.15) is 11.4 Å². The zero-order valence-electron chi connectivity index (χ0n) is 15.9. The van der Waals surface area contributed by atoms with Crippen LogP contribution in [0, 0.1) is 32.6 Å². The van der Waals surface area contributed by atoms with Crippen molar-refractivity contribution in [3.63, 3.8) is 0 Å². The summed E-state index contributed by atoms with van der Waals surface area (Å²) >= 11 is 0. The Labute approximate surface area is 162 Å². The molecule has 5 rings (SSSR count). The van der Waals surface area contributed by atoms with E-state index in [0.29, 0.717) is 18.1 Å². The molecular weight excluding hydrogens is 358 g/mol. The van der Waals surface area contributed by atoms with Gasteiger partial charge in [0.15, 0.2) is 5.82 Å². The molecule has 2 bridgehead atoms. The molecule has 28 heavy (non-hydrogen) atoms. The van der Waals surface area contributed by atoms with Crippen molar-refractivity contribution in [2.24, 2.45) is 11.8 Å². The molecule has 3 aliphatic rings. The maximum Gasteiger partial charge on any atom is 0.235 e. The standard InChI is InChI=1S/C21H21N3O4/c1-11-6-12(2)8-14(7-11)22-19(25)17-15-4-5-21(27-15)10-24(20(26)18(17)21)16-9-13(3)28-23-16/h4-9,15,17-18H,10H2,1-3H3,(H,22,25)/t15-,17+,18+,21-/m0/s1. The highest BCUT2D eigenvalue weighted by Gasteiger charge is 2.67. The summed E-state index contributed by atoms with van der Waals surface area (Å²) in [4.78, 5) is 27.9. The highest BCUT2D eigenvalue weighted by atomic mass is 16.5. The minimum Gasteiger partial charge on any atom is -0.360 e. The van der Waals surface area contributed by atoms with Crippen molar-refractivity contribution in [3.8, 4) is 0 Å². The fourth-order valence-electron chi connectivity index (χ4n) is 4.74. The smallest absolute Gasteiger partial charge is 0.235 e. The lowest BCUT2D eigenvalue weighted by atomic mass is 9.76. The molecule has 0 unspecified atom stereocenters. The second-order valence-corrected chi connectivity index (χ2v) is 7.99. The first kappa shape index (κ1) is 17.2. The van der Waals surface area contributed by atoms with E-state index in [-0.39, 0.29) is 17.9 Å². The summed E-state index contributed by atoms with van der Waals surface area (Å²) in [6.45, 7) is 6.08. The largest absolute Gasteiger partial charge is 0.360 e. The SMILES string of the molecule is Cc1cc(C)cc(NC(=O)[C@@H]2[C@@H]3C=C[C@@]4(CN(c5cc(C)on5)C(=O)[C@@H]24)O3)c1. The average molecular weight is 379 g/mol. The van der Waals surface area contributed by atoms with Gasteiger partial charge in [-0.2, -0.15) is 0 Å². The van der Waals surface area contributed by atoms with Crippen molar-refractivity contribution in [3.05, 3.63) is 53.3 Å². The number of hydrogen-bond donors (Lipinski definition) is 1. The van der Waals surface area contributed by atoms with Crippen molar-refractivity contribution < 1.29 is 18.8 Å². The molecule has 2 aromatic rings. The topological polar surface area (TPSA) is 84.7 Å². The van der Waals surface area contributed by atoms with Crippen molar-refractivity contribution in [1.82, 2.24) is 5.16 Å². The molecule has 1 spiro atoms. The van der Waals surface area contributed by atoms with Crippen LogP contribution >= 0.6 is 0 Å². The molecule has 1 aromatic heterocycles. The molecule has 2 amide bonds.